The van der Waals surface area contributed by atoms with Crippen LogP contribution in [0.3, 0.4) is 0 Å². The first-order chi connectivity index (χ1) is 12.5. The highest BCUT2D eigenvalue weighted by molar-refractivity contribution is 6.35. The predicted molar refractivity (Wildman–Crippen MR) is 107 cm³/mol. The maximum Gasteiger partial charge on any atom is 0.363 e. The van der Waals surface area contributed by atoms with Crippen molar-refractivity contribution in [2.75, 3.05) is 0 Å². The fourth-order valence-corrected chi connectivity index (χ4v) is 2.84. The molecule has 0 N–H and O–H groups in total. The molecule has 0 bridgehead atoms. The molecule has 0 saturated carbocycles. The maximum atomic E-state index is 12.0. The third kappa shape index (κ3) is 4.72. The van der Waals surface area contributed by atoms with Crippen molar-refractivity contribution in [3.63, 3.8) is 0 Å². The predicted octanol–water partition coefficient (Wildman–Crippen LogP) is 5.95. The minimum absolute atomic E-state index is 0.222. The molecule has 1 aliphatic heterocycles. The number of allylic oxidation sites excluding steroid dienone is 2. The molecule has 0 aromatic heterocycles. The van der Waals surface area contributed by atoms with Crippen molar-refractivity contribution in [1.29, 1.82) is 0 Å². The van der Waals surface area contributed by atoms with Crippen molar-refractivity contribution < 1.29 is 9.53 Å². The lowest BCUT2D eigenvalue weighted by Gasteiger charge is -1.98. The summed E-state index contributed by atoms with van der Waals surface area (Å²) >= 11 is 12.0. The number of carbonyl (C=O) groups is 1. The summed E-state index contributed by atoms with van der Waals surface area (Å²) in [6.45, 7) is 1.91. The number of halogens is 2. The molecule has 0 spiro atoms. The van der Waals surface area contributed by atoms with Gasteiger partial charge in [0.15, 0.2) is 5.70 Å². The molecule has 1 heterocycles. The van der Waals surface area contributed by atoms with Gasteiger partial charge in [-0.25, -0.2) is 9.79 Å². The normalized spacial score (nSPS) is 16.3. The highest BCUT2D eigenvalue weighted by Crippen LogP contribution is 2.23. The molecule has 0 fully saturated rings. The number of hydrogen-bond acceptors (Lipinski definition) is 3. The third-order valence-corrected chi connectivity index (χ3v) is 4.13. The first-order valence-corrected chi connectivity index (χ1v) is 8.66. The lowest BCUT2D eigenvalue weighted by atomic mass is 10.1. The van der Waals surface area contributed by atoms with Crippen molar-refractivity contribution in [1.82, 2.24) is 0 Å². The molecule has 2 aromatic rings. The van der Waals surface area contributed by atoms with Gasteiger partial charge in [-0.3, -0.25) is 0 Å². The number of ether oxygens (including phenoxy) is 1. The molecular weight excluding hydrogens is 369 g/mol. The molecule has 0 amide bonds. The molecule has 5 heteroatoms. The Morgan fingerprint density at radius 2 is 1.85 bits per heavy atom. The molecule has 2 aromatic carbocycles. The largest absolute Gasteiger partial charge is 0.403 e. The number of carbonyl (C=O) groups excluding carboxylic acids is 1. The standard InChI is InChI=1S/C21H15Cl2NO2/c1-14(11-15-5-3-2-4-6-15)12-19-21(25)26-20(24-19)10-8-16-7-9-17(22)13-18(16)23/h2-13H,1H3. The fourth-order valence-electron chi connectivity index (χ4n) is 2.36. The van der Waals surface area contributed by atoms with Crippen LogP contribution in [0.1, 0.15) is 18.1 Å². The smallest absolute Gasteiger partial charge is 0.363 e. The zero-order valence-electron chi connectivity index (χ0n) is 13.9. The molecule has 0 unspecified atom stereocenters. The second-order valence-corrected chi connectivity index (χ2v) is 6.51. The number of aliphatic imine (C=N–C) groups is 1. The van der Waals surface area contributed by atoms with E-state index in [4.69, 9.17) is 27.9 Å². The van der Waals surface area contributed by atoms with E-state index in [1.54, 1.807) is 36.4 Å². The highest BCUT2D eigenvalue weighted by Gasteiger charge is 2.21. The SMILES string of the molecule is CC(=Cc1ccccc1)C=C1N=C(C=Cc2ccc(Cl)cc2Cl)OC1=O. The van der Waals surface area contributed by atoms with Crippen molar-refractivity contribution in [2.24, 2.45) is 4.99 Å². The van der Waals surface area contributed by atoms with Crippen LogP contribution >= 0.6 is 23.2 Å². The van der Waals surface area contributed by atoms with Crippen LogP contribution in [-0.2, 0) is 9.53 Å². The van der Waals surface area contributed by atoms with Gasteiger partial charge in [-0.05, 0) is 47.9 Å². The van der Waals surface area contributed by atoms with Gasteiger partial charge in [0.05, 0.1) is 0 Å². The Balaban J connectivity index is 1.78. The van der Waals surface area contributed by atoms with Gasteiger partial charge < -0.3 is 4.74 Å². The highest BCUT2D eigenvalue weighted by atomic mass is 35.5. The summed E-state index contributed by atoms with van der Waals surface area (Å²) in [5.41, 5.74) is 2.97. The van der Waals surface area contributed by atoms with Gasteiger partial charge in [0.1, 0.15) is 0 Å². The topological polar surface area (TPSA) is 38.7 Å². The summed E-state index contributed by atoms with van der Waals surface area (Å²) < 4.78 is 5.17. The monoisotopic (exact) mass is 383 g/mol. The van der Waals surface area contributed by atoms with Gasteiger partial charge >= 0.3 is 5.97 Å². The minimum Gasteiger partial charge on any atom is -0.403 e. The first-order valence-electron chi connectivity index (χ1n) is 7.90. The molecule has 1 aliphatic rings. The molecule has 26 heavy (non-hydrogen) atoms. The van der Waals surface area contributed by atoms with E-state index < -0.39 is 5.97 Å². The number of hydrogen-bond donors (Lipinski definition) is 0. The number of benzene rings is 2. The van der Waals surface area contributed by atoms with Gasteiger partial charge in [-0.2, -0.15) is 0 Å². The second-order valence-electron chi connectivity index (χ2n) is 5.67. The van der Waals surface area contributed by atoms with Crippen molar-refractivity contribution in [3.05, 3.63) is 93.1 Å². The number of rotatable bonds is 4. The van der Waals surface area contributed by atoms with Gasteiger partial charge in [0, 0.05) is 16.1 Å². The Morgan fingerprint density at radius 1 is 1.08 bits per heavy atom. The van der Waals surface area contributed by atoms with Crippen molar-refractivity contribution in [2.45, 2.75) is 6.92 Å². The second kappa shape index (κ2) is 8.17. The van der Waals surface area contributed by atoms with Crippen LogP contribution in [-0.4, -0.2) is 11.9 Å². The van der Waals surface area contributed by atoms with Gasteiger partial charge in [0.25, 0.3) is 0 Å². The Hall–Kier alpha value is -2.62. The van der Waals surface area contributed by atoms with Gasteiger partial charge in [-0.15, -0.1) is 0 Å². The number of esters is 1. The molecule has 0 atom stereocenters. The molecular formula is C21H15Cl2NO2. The fraction of sp³-hybridized carbons (Fsp3) is 0.0476. The molecule has 0 radical (unpaired) electrons. The lowest BCUT2D eigenvalue weighted by Crippen LogP contribution is -2.01. The third-order valence-electron chi connectivity index (χ3n) is 3.56. The lowest BCUT2D eigenvalue weighted by molar-refractivity contribution is -0.129. The van der Waals surface area contributed by atoms with Crippen LogP contribution in [0.15, 0.2) is 76.9 Å². The van der Waals surface area contributed by atoms with Crippen LogP contribution in [0.2, 0.25) is 10.0 Å². The zero-order chi connectivity index (χ0) is 18.5. The Kier molecular flexibility index (Phi) is 5.71. The maximum absolute atomic E-state index is 12.0. The van der Waals surface area contributed by atoms with Crippen LogP contribution in [0.5, 0.6) is 0 Å². The summed E-state index contributed by atoms with van der Waals surface area (Å²) in [4.78, 5) is 16.2. The zero-order valence-corrected chi connectivity index (χ0v) is 15.5. The Labute approximate surface area is 161 Å². The van der Waals surface area contributed by atoms with Gasteiger partial charge in [-0.1, -0.05) is 65.7 Å². The average molecular weight is 384 g/mol. The van der Waals surface area contributed by atoms with E-state index in [0.717, 1.165) is 16.7 Å². The molecule has 0 aliphatic carbocycles. The van der Waals surface area contributed by atoms with E-state index >= 15 is 0 Å². The molecule has 130 valence electrons. The van der Waals surface area contributed by atoms with Gasteiger partial charge in [0.2, 0.25) is 5.90 Å². The van der Waals surface area contributed by atoms with Crippen LogP contribution in [0.25, 0.3) is 12.2 Å². The molecule has 3 nitrogen and oxygen atoms in total. The number of nitrogens with zero attached hydrogens (tertiary/aromatic N) is 1. The minimum atomic E-state index is -0.479. The van der Waals surface area contributed by atoms with Crippen LogP contribution in [0, 0.1) is 0 Å². The van der Waals surface area contributed by atoms with E-state index in [0.29, 0.717) is 10.0 Å². The Morgan fingerprint density at radius 3 is 2.58 bits per heavy atom. The summed E-state index contributed by atoms with van der Waals surface area (Å²) in [7, 11) is 0. The summed E-state index contributed by atoms with van der Waals surface area (Å²) in [6.07, 6.45) is 6.99. The van der Waals surface area contributed by atoms with Crippen LogP contribution < -0.4 is 0 Å². The molecule has 3 rings (SSSR count). The molecule has 0 saturated heterocycles. The van der Waals surface area contributed by atoms with Crippen molar-refractivity contribution >= 4 is 47.2 Å². The van der Waals surface area contributed by atoms with Crippen LogP contribution in [0.4, 0.5) is 0 Å². The van der Waals surface area contributed by atoms with E-state index in [-0.39, 0.29) is 11.6 Å². The van der Waals surface area contributed by atoms with Crippen molar-refractivity contribution in [3.8, 4) is 0 Å². The van der Waals surface area contributed by atoms with E-state index in [1.807, 2.05) is 43.3 Å². The summed E-state index contributed by atoms with van der Waals surface area (Å²) in [5, 5.41) is 1.07. The number of cyclic esters (lactones) is 1. The Bertz CT molecular complexity index is 957. The summed E-state index contributed by atoms with van der Waals surface area (Å²) in [6, 6.07) is 15.0. The van der Waals surface area contributed by atoms with E-state index in [9.17, 15) is 4.79 Å². The van der Waals surface area contributed by atoms with E-state index in [1.165, 1.54) is 0 Å². The average Bonchev–Trinajstić information content (AvgIpc) is 2.94. The first kappa shape index (κ1) is 18.2. The summed E-state index contributed by atoms with van der Waals surface area (Å²) in [5.74, 6) is -0.257. The van der Waals surface area contributed by atoms with E-state index in [2.05, 4.69) is 4.99 Å². The quantitative estimate of drug-likeness (QED) is 0.483.